The molecule has 0 saturated heterocycles. The van der Waals surface area contributed by atoms with Gasteiger partial charge in [0, 0.05) is 34.8 Å². The molecule has 7 nitrogen and oxygen atoms in total. The first-order valence-corrected chi connectivity index (χ1v) is 10.5. The third kappa shape index (κ3) is 5.92. The van der Waals surface area contributed by atoms with E-state index in [4.69, 9.17) is 19.2 Å². The van der Waals surface area contributed by atoms with Gasteiger partial charge in [-0.3, -0.25) is 9.59 Å². The SMILES string of the molecule is CCCC(C)NCc1ccc2c(c1)C(=O)c1ccccc1C2=O.O=P(O)(O)O. The maximum Gasteiger partial charge on any atom is 0.466 e. The van der Waals surface area contributed by atoms with Gasteiger partial charge in [0.1, 0.15) is 0 Å². The van der Waals surface area contributed by atoms with Crippen LogP contribution in [0.3, 0.4) is 0 Å². The van der Waals surface area contributed by atoms with Crippen LogP contribution in [0, 0.1) is 0 Å². The number of rotatable bonds is 5. The third-order valence-electron chi connectivity index (χ3n) is 4.37. The summed E-state index contributed by atoms with van der Waals surface area (Å²) in [5, 5.41) is 3.46. The van der Waals surface area contributed by atoms with Gasteiger partial charge in [0.2, 0.25) is 0 Å². The molecule has 0 heterocycles. The molecule has 4 N–H and O–H groups in total. The first-order valence-electron chi connectivity index (χ1n) is 8.94. The lowest BCUT2D eigenvalue weighted by atomic mass is 9.83. The normalized spacial score (nSPS) is 13.9. The van der Waals surface area contributed by atoms with Crippen molar-refractivity contribution in [2.75, 3.05) is 0 Å². The molecule has 0 amide bonds. The molecule has 0 spiro atoms. The van der Waals surface area contributed by atoms with E-state index < -0.39 is 7.82 Å². The molecule has 0 radical (unpaired) electrons. The second kappa shape index (κ2) is 9.37. The third-order valence-corrected chi connectivity index (χ3v) is 4.37. The van der Waals surface area contributed by atoms with Gasteiger partial charge in [-0.05, 0) is 31.0 Å². The Morgan fingerprint density at radius 3 is 1.96 bits per heavy atom. The molecule has 0 aliphatic heterocycles. The lowest BCUT2D eigenvalue weighted by Gasteiger charge is -2.19. The minimum atomic E-state index is -4.64. The Kier molecular flexibility index (Phi) is 7.41. The summed E-state index contributed by atoms with van der Waals surface area (Å²) in [7, 11) is -4.64. The lowest BCUT2D eigenvalue weighted by Crippen LogP contribution is -2.26. The van der Waals surface area contributed by atoms with Crippen LogP contribution in [-0.4, -0.2) is 32.3 Å². The fraction of sp³-hybridized carbons (Fsp3) is 0.300. The largest absolute Gasteiger partial charge is 0.466 e. The Bertz CT molecular complexity index is 912. The summed E-state index contributed by atoms with van der Waals surface area (Å²) in [5.74, 6) is -0.118. The maximum atomic E-state index is 12.7. The van der Waals surface area contributed by atoms with Crippen LogP contribution in [0.25, 0.3) is 0 Å². The summed E-state index contributed by atoms with van der Waals surface area (Å²) < 4.78 is 8.88. The van der Waals surface area contributed by atoms with E-state index >= 15 is 0 Å². The molecule has 150 valence electrons. The molecule has 2 aromatic rings. The van der Waals surface area contributed by atoms with Crippen LogP contribution in [0.4, 0.5) is 0 Å². The molecule has 1 atom stereocenters. The molecule has 1 unspecified atom stereocenters. The van der Waals surface area contributed by atoms with Crippen LogP contribution < -0.4 is 5.32 Å². The average Bonchev–Trinajstić information content (AvgIpc) is 2.63. The summed E-state index contributed by atoms with van der Waals surface area (Å²) >= 11 is 0. The molecule has 2 aromatic carbocycles. The number of benzene rings is 2. The second-order valence-corrected chi connectivity index (χ2v) is 7.69. The van der Waals surface area contributed by atoms with Crippen molar-refractivity contribution >= 4 is 19.4 Å². The van der Waals surface area contributed by atoms with E-state index in [9.17, 15) is 9.59 Å². The number of fused-ring (bicyclic) bond motifs is 2. The quantitative estimate of drug-likeness (QED) is 0.481. The molecule has 0 fully saturated rings. The number of nitrogens with one attached hydrogen (secondary N) is 1. The van der Waals surface area contributed by atoms with Crippen LogP contribution in [-0.2, 0) is 11.1 Å². The number of hydrogen-bond acceptors (Lipinski definition) is 4. The van der Waals surface area contributed by atoms with Gasteiger partial charge < -0.3 is 20.0 Å². The highest BCUT2D eigenvalue weighted by atomic mass is 31.2. The Labute approximate surface area is 163 Å². The molecule has 28 heavy (non-hydrogen) atoms. The minimum absolute atomic E-state index is 0.0568. The molecular weight excluding hydrogens is 381 g/mol. The molecule has 0 aromatic heterocycles. The van der Waals surface area contributed by atoms with E-state index in [2.05, 4.69) is 19.2 Å². The minimum Gasteiger partial charge on any atom is -0.310 e. The van der Waals surface area contributed by atoms with E-state index in [-0.39, 0.29) is 11.6 Å². The molecular formula is C20H24NO6P. The van der Waals surface area contributed by atoms with Crippen molar-refractivity contribution < 1.29 is 28.8 Å². The van der Waals surface area contributed by atoms with Gasteiger partial charge in [-0.1, -0.05) is 43.7 Å². The zero-order valence-electron chi connectivity index (χ0n) is 15.8. The predicted octanol–water partition coefficient (Wildman–Crippen LogP) is 2.81. The number of carbonyl (C=O) groups is 2. The van der Waals surface area contributed by atoms with Crippen LogP contribution in [0.15, 0.2) is 42.5 Å². The number of hydrogen-bond donors (Lipinski definition) is 4. The van der Waals surface area contributed by atoms with E-state index in [1.807, 2.05) is 12.1 Å². The zero-order chi connectivity index (χ0) is 20.9. The van der Waals surface area contributed by atoms with Crippen LogP contribution >= 0.6 is 7.82 Å². The van der Waals surface area contributed by atoms with Gasteiger partial charge in [0.25, 0.3) is 0 Å². The Hall–Kier alpha value is -2.15. The topological polar surface area (TPSA) is 124 Å². The highest BCUT2D eigenvalue weighted by Crippen LogP contribution is 2.28. The van der Waals surface area contributed by atoms with E-state index in [0.717, 1.165) is 18.4 Å². The standard InChI is InChI=1S/C20H21NO2.H3O4P/c1-3-6-13(2)21-12-14-9-10-17-18(11-14)20(23)16-8-5-4-7-15(16)19(17)22;1-5(2,3)4/h4-5,7-11,13,21H,3,6,12H2,1-2H3;(H3,1,2,3,4). The fourth-order valence-corrected chi connectivity index (χ4v) is 3.08. The Morgan fingerprint density at radius 1 is 0.929 bits per heavy atom. The van der Waals surface area contributed by atoms with Gasteiger partial charge in [0.05, 0.1) is 0 Å². The highest BCUT2D eigenvalue weighted by Gasteiger charge is 2.29. The predicted molar refractivity (Wildman–Crippen MR) is 105 cm³/mol. The van der Waals surface area contributed by atoms with Crippen molar-refractivity contribution in [2.45, 2.75) is 39.3 Å². The summed E-state index contributed by atoms with van der Waals surface area (Å²) in [6.45, 7) is 5.03. The summed E-state index contributed by atoms with van der Waals surface area (Å²) in [4.78, 5) is 46.8. The second-order valence-electron chi connectivity index (χ2n) is 6.67. The van der Waals surface area contributed by atoms with Crippen molar-refractivity contribution in [3.8, 4) is 0 Å². The van der Waals surface area contributed by atoms with Crippen LogP contribution in [0.2, 0.25) is 0 Å². The van der Waals surface area contributed by atoms with Crippen LogP contribution in [0.1, 0.15) is 64.1 Å². The van der Waals surface area contributed by atoms with Gasteiger partial charge in [-0.15, -0.1) is 0 Å². The number of phosphoric acid groups is 1. The fourth-order valence-electron chi connectivity index (χ4n) is 3.08. The molecule has 0 saturated carbocycles. The Morgan fingerprint density at radius 2 is 1.43 bits per heavy atom. The van der Waals surface area contributed by atoms with Crippen molar-refractivity contribution in [3.05, 3.63) is 70.3 Å². The van der Waals surface area contributed by atoms with Gasteiger partial charge in [-0.25, -0.2) is 4.57 Å². The number of ketones is 2. The first-order chi connectivity index (χ1) is 13.1. The van der Waals surface area contributed by atoms with Gasteiger partial charge in [0.15, 0.2) is 11.6 Å². The molecule has 1 aliphatic rings. The average molecular weight is 405 g/mol. The van der Waals surface area contributed by atoms with Crippen molar-refractivity contribution in [2.24, 2.45) is 0 Å². The smallest absolute Gasteiger partial charge is 0.310 e. The molecule has 1 aliphatic carbocycles. The summed E-state index contributed by atoms with van der Waals surface area (Å²) in [6, 6.07) is 13.1. The van der Waals surface area contributed by atoms with E-state index in [1.165, 1.54) is 0 Å². The molecule has 8 heteroatoms. The van der Waals surface area contributed by atoms with Crippen molar-refractivity contribution in [1.29, 1.82) is 0 Å². The monoisotopic (exact) mass is 405 g/mol. The number of carbonyl (C=O) groups excluding carboxylic acids is 2. The van der Waals surface area contributed by atoms with Crippen molar-refractivity contribution in [3.63, 3.8) is 0 Å². The van der Waals surface area contributed by atoms with Gasteiger partial charge >= 0.3 is 7.82 Å². The highest BCUT2D eigenvalue weighted by molar-refractivity contribution is 7.45. The van der Waals surface area contributed by atoms with Gasteiger partial charge in [-0.2, -0.15) is 0 Å². The molecule has 3 rings (SSSR count). The van der Waals surface area contributed by atoms with Crippen LogP contribution in [0.5, 0.6) is 0 Å². The first kappa shape index (κ1) is 22.1. The Balaban J connectivity index is 0.000000500. The van der Waals surface area contributed by atoms with E-state index in [1.54, 1.807) is 30.3 Å². The van der Waals surface area contributed by atoms with Crippen molar-refractivity contribution in [1.82, 2.24) is 5.32 Å². The van der Waals surface area contributed by atoms with E-state index in [0.29, 0.717) is 34.8 Å². The lowest BCUT2D eigenvalue weighted by molar-refractivity contribution is 0.0979. The zero-order valence-corrected chi connectivity index (χ0v) is 16.6. The molecule has 0 bridgehead atoms. The maximum absolute atomic E-state index is 12.7. The summed E-state index contributed by atoms with van der Waals surface area (Å²) in [5.41, 5.74) is 3.09. The summed E-state index contributed by atoms with van der Waals surface area (Å²) in [6.07, 6.45) is 2.26.